The van der Waals surface area contributed by atoms with Crippen LogP contribution in [0.15, 0.2) is 18.5 Å². The van der Waals surface area contributed by atoms with Gasteiger partial charge in [0.2, 0.25) is 0 Å². The third-order valence-electron chi connectivity index (χ3n) is 2.43. The summed E-state index contributed by atoms with van der Waals surface area (Å²) in [4.78, 5) is 9.78. The van der Waals surface area contributed by atoms with Crippen molar-refractivity contribution in [3.63, 3.8) is 0 Å². The number of anilines is 1. The monoisotopic (exact) mass is 233 g/mol. The molecule has 0 spiro atoms. The quantitative estimate of drug-likeness (QED) is 0.886. The largest absolute Gasteiger partial charge is 0.375 e. The Balaban J connectivity index is 2.26. The van der Waals surface area contributed by atoms with Crippen molar-refractivity contribution >= 4 is 16.5 Å². The topological polar surface area (TPSA) is 51.8 Å². The van der Waals surface area contributed by atoms with E-state index in [0.29, 0.717) is 5.13 Å². The molecule has 0 saturated heterocycles. The van der Waals surface area contributed by atoms with Gasteiger partial charge in [0.05, 0.1) is 5.69 Å². The summed E-state index contributed by atoms with van der Waals surface area (Å²) in [5.74, 6) is 0. The maximum absolute atomic E-state index is 5.73. The summed E-state index contributed by atoms with van der Waals surface area (Å²) in [6, 6.07) is 2.16. The van der Waals surface area contributed by atoms with Crippen molar-refractivity contribution in [1.29, 1.82) is 0 Å². The minimum Gasteiger partial charge on any atom is -0.375 e. The smallest absolute Gasteiger partial charge is 0.180 e. The van der Waals surface area contributed by atoms with Crippen molar-refractivity contribution in [1.82, 2.24) is 9.97 Å². The molecule has 3 nitrogen and oxygen atoms in total. The Kier molecular flexibility index (Phi) is 3.19. The number of pyridine rings is 1. The van der Waals surface area contributed by atoms with Crippen molar-refractivity contribution in [2.75, 3.05) is 5.73 Å². The van der Waals surface area contributed by atoms with Gasteiger partial charge in [-0.25, -0.2) is 4.98 Å². The molecule has 0 aliphatic heterocycles. The van der Waals surface area contributed by atoms with E-state index in [0.717, 1.165) is 18.5 Å². The molecule has 2 rings (SSSR count). The second-order valence-corrected chi connectivity index (χ2v) is 4.94. The third-order valence-corrected chi connectivity index (χ3v) is 3.35. The lowest BCUT2D eigenvalue weighted by atomic mass is 10.1. The van der Waals surface area contributed by atoms with Gasteiger partial charge in [-0.1, -0.05) is 13.0 Å². The van der Waals surface area contributed by atoms with Crippen LogP contribution in [-0.2, 0) is 12.8 Å². The van der Waals surface area contributed by atoms with E-state index in [2.05, 4.69) is 29.9 Å². The fraction of sp³-hybridized carbons (Fsp3) is 0.333. The molecule has 0 bridgehead atoms. The van der Waals surface area contributed by atoms with E-state index in [1.165, 1.54) is 16.0 Å². The lowest BCUT2D eigenvalue weighted by Gasteiger charge is -2.01. The van der Waals surface area contributed by atoms with Crippen molar-refractivity contribution in [3.8, 4) is 0 Å². The molecule has 4 heteroatoms. The molecule has 0 radical (unpaired) electrons. The standard InChI is InChI=1S/C12H15N3S/c1-3-10-11(16-12(13)15-10)5-9-4-8(2)6-14-7-9/h4,6-7H,3,5H2,1-2H3,(H2,13,15). The van der Waals surface area contributed by atoms with Crippen LogP contribution in [0.25, 0.3) is 0 Å². The van der Waals surface area contributed by atoms with Gasteiger partial charge < -0.3 is 5.73 Å². The van der Waals surface area contributed by atoms with E-state index in [1.807, 2.05) is 12.4 Å². The summed E-state index contributed by atoms with van der Waals surface area (Å²) in [6.45, 7) is 4.16. The van der Waals surface area contributed by atoms with Gasteiger partial charge in [0, 0.05) is 23.7 Å². The van der Waals surface area contributed by atoms with E-state index in [1.54, 1.807) is 11.3 Å². The molecule has 2 heterocycles. The second kappa shape index (κ2) is 4.61. The Hall–Kier alpha value is -1.42. The molecule has 2 aromatic rings. The third kappa shape index (κ3) is 2.39. The number of hydrogen-bond donors (Lipinski definition) is 1. The van der Waals surface area contributed by atoms with Gasteiger partial charge in [-0.2, -0.15) is 0 Å². The zero-order chi connectivity index (χ0) is 11.5. The number of hydrogen-bond acceptors (Lipinski definition) is 4. The maximum atomic E-state index is 5.73. The highest BCUT2D eigenvalue weighted by Crippen LogP contribution is 2.23. The Bertz CT molecular complexity index is 491. The summed E-state index contributed by atoms with van der Waals surface area (Å²) < 4.78 is 0. The van der Waals surface area contributed by atoms with Crippen molar-refractivity contribution in [3.05, 3.63) is 40.2 Å². The number of aryl methyl sites for hydroxylation is 2. The first-order valence-corrected chi connectivity index (χ1v) is 6.15. The van der Waals surface area contributed by atoms with Crippen LogP contribution in [0.1, 0.15) is 28.6 Å². The van der Waals surface area contributed by atoms with Crippen LogP contribution >= 0.6 is 11.3 Å². The molecule has 84 valence electrons. The molecule has 2 N–H and O–H groups in total. The SMILES string of the molecule is CCc1nc(N)sc1Cc1cncc(C)c1. The van der Waals surface area contributed by atoms with E-state index in [-0.39, 0.29) is 0 Å². The van der Waals surface area contributed by atoms with Gasteiger partial charge in [-0.05, 0) is 24.5 Å². The molecule has 0 fully saturated rings. The molecule has 0 aliphatic rings. The molecule has 0 amide bonds. The first-order valence-electron chi connectivity index (χ1n) is 5.33. The number of nitrogens with two attached hydrogens (primary N) is 1. The molecule has 16 heavy (non-hydrogen) atoms. The van der Waals surface area contributed by atoms with Crippen molar-refractivity contribution in [2.24, 2.45) is 0 Å². The van der Waals surface area contributed by atoms with Gasteiger partial charge in [-0.3, -0.25) is 4.98 Å². The summed E-state index contributed by atoms with van der Waals surface area (Å²) in [7, 11) is 0. The van der Waals surface area contributed by atoms with Crippen LogP contribution in [0.4, 0.5) is 5.13 Å². The van der Waals surface area contributed by atoms with Crippen LogP contribution in [-0.4, -0.2) is 9.97 Å². The minimum absolute atomic E-state index is 0.660. The first-order chi connectivity index (χ1) is 7.69. The van der Waals surface area contributed by atoms with E-state index in [4.69, 9.17) is 5.73 Å². The zero-order valence-electron chi connectivity index (χ0n) is 9.53. The molecule has 0 aromatic carbocycles. The Morgan fingerprint density at radius 3 is 2.88 bits per heavy atom. The fourth-order valence-electron chi connectivity index (χ4n) is 1.72. The summed E-state index contributed by atoms with van der Waals surface area (Å²) in [5.41, 5.74) is 9.25. The summed E-state index contributed by atoms with van der Waals surface area (Å²) in [6.07, 6.45) is 5.59. The average molecular weight is 233 g/mol. The van der Waals surface area contributed by atoms with Crippen LogP contribution < -0.4 is 5.73 Å². The van der Waals surface area contributed by atoms with Gasteiger partial charge >= 0.3 is 0 Å². The molecule has 0 saturated carbocycles. The van der Waals surface area contributed by atoms with Crippen LogP contribution in [0, 0.1) is 6.92 Å². The molecular weight excluding hydrogens is 218 g/mol. The second-order valence-electron chi connectivity index (χ2n) is 3.82. The first kappa shape index (κ1) is 11.1. The van der Waals surface area contributed by atoms with Gasteiger partial charge in [-0.15, -0.1) is 11.3 Å². The molecule has 0 aliphatic carbocycles. The number of aromatic nitrogens is 2. The highest BCUT2D eigenvalue weighted by atomic mass is 32.1. The summed E-state index contributed by atoms with van der Waals surface area (Å²) >= 11 is 1.58. The van der Waals surface area contributed by atoms with Crippen molar-refractivity contribution in [2.45, 2.75) is 26.7 Å². The predicted octanol–water partition coefficient (Wildman–Crippen LogP) is 2.58. The van der Waals surface area contributed by atoms with Crippen LogP contribution in [0.3, 0.4) is 0 Å². The van der Waals surface area contributed by atoms with Crippen LogP contribution in [0.2, 0.25) is 0 Å². The Morgan fingerprint density at radius 2 is 2.19 bits per heavy atom. The van der Waals surface area contributed by atoms with Crippen LogP contribution in [0.5, 0.6) is 0 Å². The molecular formula is C12H15N3S. The van der Waals surface area contributed by atoms with E-state index in [9.17, 15) is 0 Å². The van der Waals surface area contributed by atoms with E-state index >= 15 is 0 Å². The highest BCUT2D eigenvalue weighted by Gasteiger charge is 2.08. The average Bonchev–Trinajstić information content (AvgIpc) is 2.59. The number of nitrogens with zero attached hydrogens (tertiary/aromatic N) is 2. The zero-order valence-corrected chi connectivity index (χ0v) is 10.3. The lowest BCUT2D eigenvalue weighted by Crippen LogP contribution is -1.92. The Labute approximate surface area is 99.4 Å². The van der Waals surface area contributed by atoms with Gasteiger partial charge in [0.15, 0.2) is 5.13 Å². The normalized spacial score (nSPS) is 10.6. The minimum atomic E-state index is 0.660. The number of rotatable bonds is 3. The highest BCUT2D eigenvalue weighted by molar-refractivity contribution is 7.15. The van der Waals surface area contributed by atoms with Gasteiger partial charge in [0.1, 0.15) is 0 Å². The van der Waals surface area contributed by atoms with E-state index < -0.39 is 0 Å². The number of nitrogen functional groups attached to an aromatic ring is 1. The fourth-order valence-corrected chi connectivity index (χ4v) is 2.67. The predicted molar refractivity (Wildman–Crippen MR) is 67.7 cm³/mol. The Morgan fingerprint density at radius 1 is 1.38 bits per heavy atom. The maximum Gasteiger partial charge on any atom is 0.180 e. The summed E-state index contributed by atoms with van der Waals surface area (Å²) in [5, 5.41) is 0.660. The molecule has 0 atom stereocenters. The lowest BCUT2D eigenvalue weighted by molar-refractivity contribution is 1.02. The molecule has 0 unspecified atom stereocenters. The van der Waals surface area contributed by atoms with Crippen molar-refractivity contribution < 1.29 is 0 Å². The molecule has 2 aromatic heterocycles. The van der Waals surface area contributed by atoms with Gasteiger partial charge in [0.25, 0.3) is 0 Å². The number of thiazole rings is 1.